The van der Waals surface area contributed by atoms with E-state index >= 15 is 0 Å². The zero-order chi connectivity index (χ0) is 9.38. The lowest BCUT2D eigenvalue weighted by atomic mass is 10.1. The summed E-state index contributed by atoms with van der Waals surface area (Å²) in [6.07, 6.45) is 2.97. The average Bonchev–Trinajstić information content (AvgIpc) is 2.85. The molecular formula is C10H12N4. The van der Waals surface area contributed by atoms with Crippen molar-refractivity contribution in [1.82, 2.24) is 20.5 Å². The molecule has 1 aliphatic heterocycles. The number of rotatable bonds is 1. The number of hydrogen-bond acceptors (Lipinski definition) is 2. The smallest absolute Gasteiger partial charge is 0.113 e. The number of aromatic nitrogens is 3. The third kappa shape index (κ3) is 1.08. The molecule has 3 heterocycles. The predicted octanol–water partition coefficient (Wildman–Crippen LogP) is 1.05. The number of fused-ring (bicyclic) bond motifs is 1. The molecule has 0 aliphatic carbocycles. The Morgan fingerprint density at radius 2 is 2.36 bits per heavy atom. The molecule has 4 nitrogen and oxygen atoms in total. The first kappa shape index (κ1) is 7.82. The standard InChI is InChI=1S/C10H12N4/c1-2-9(12-4-1)10-7-6-11-5-3-8(7)13-14-10/h1-2,4,11-12H,3,5-6H2,(H,13,14). The minimum Gasteiger partial charge on any atom is -0.360 e. The molecule has 2 aromatic rings. The molecule has 0 aromatic carbocycles. The maximum atomic E-state index is 4.34. The van der Waals surface area contributed by atoms with Crippen LogP contribution >= 0.6 is 0 Å². The van der Waals surface area contributed by atoms with Crippen molar-refractivity contribution in [3.8, 4) is 11.4 Å². The van der Waals surface area contributed by atoms with Gasteiger partial charge in [0.15, 0.2) is 0 Å². The summed E-state index contributed by atoms with van der Waals surface area (Å²) < 4.78 is 0. The maximum absolute atomic E-state index is 4.34. The normalized spacial score (nSPS) is 15.4. The van der Waals surface area contributed by atoms with Crippen LogP contribution in [-0.4, -0.2) is 21.7 Å². The van der Waals surface area contributed by atoms with Gasteiger partial charge in [-0.1, -0.05) is 0 Å². The van der Waals surface area contributed by atoms with E-state index in [9.17, 15) is 0 Å². The van der Waals surface area contributed by atoms with Crippen molar-refractivity contribution in [1.29, 1.82) is 0 Å². The van der Waals surface area contributed by atoms with Gasteiger partial charge in [0.2, 0.25) is 0 Å². The lowest BCUT2D eigenvalue weighted by molar-refractivity contribution is 0.637. The highest BCUT2D eigenvalue weighted by Crippen LogP contribution is 2.23. The monoisotopic (exact) mass is 188 g/mol. The Morgan fingerprint density at radius 3 is 3.21 bits per heavy atom. The van der Waals surface area contributed by atoms with Crippen molar-refractivity contribution in [3.05, 3.63) is 29.6 Å². The van der Waals surface area contributed by atoms with Gasteiger partial charge in [-0.25, -0.2) is 0 Å². The summed E-state index contributed by atoms with van der Waals surface area (Å²) in [7, 11) is 0. The fourth-order valence-electron chi connectivity index (χ4n) is 1.93. The molecule has 72 valence electrons. The van der Waals surface area contributed by atoms with Gasteiger partial charge in [0.1, 0.15) is 5.69 Å². The largest absolute Gasteiger partial charge is 0.360 e. The number of nitrogens with zero attached hydrogens (tertiary/aromatic N) is 1. The van der Waals surface area contributed by atoms with Gasteiger partial charge in [-0.2, -0.15) is 5.10 Å². The van der Waals surface area contributed by atoms with E-state index in [1.807, 2.05) is 18.3 Å². The first-order chi connectivity index (χ1) is 6.95. The van der Waals surface area contributed by atoms with Gasteiger partial charge in [-0.05, 0) is 12.1 Å². The minimum atomic E-state index is 0.917. The number of aromatic amines is 2. The van der Waals surface area contributed by atoms with Crippen LogP contribution in [-0.2, 0) is 13.0 Å². The Balaban J connectivity index is 2.11. The molecule has 2 aromatic heterocycles. The van der Waals surface area contributed by atoms with E-state index in [0.29, 0.717) is 0 Å². The molecule has 0 atom stereocenters. The third-order valence-electron chi connectivity index (χ3n) is 2.66. The third-order valence-corrected chi connectivity index (χ3v) is 2.66. The van der Waals surface area contributed by atoms with Gasteiger partial charge >= 0.3 is 0 Å². The molecule has 0 unspecified atom stereocenters. The van der Waals surface area contributed by atoms with E-state index in [2.05, 4.69) is 20.5 Å². The highest BCUT2D eigenvalue weighted by molar-refractivity contribution is 5.60. The zero-order valence-electron chi connectivity index (χ0n) is 7.80. The summed E-state index contributed by atoms with van der Waals surface area (Å²) in [6.45, 7) is 1.96. The van der Waals surface area contributed by atoms with Crippen LogP contribution < -0.4 is 5.32 Å². The molecule has 0 bridgehead atoms. The topological polar surface area (TPSA) is 56.5 Å². The second-order valence-corrected chi connectivity index (χ2v) is 3.54. The van der Waals surface area contributed by atoms with Gasteiger partial charge in [-0.3, -0.25) is 5.10 Å². The van der Waals surface area contributed by atoms with Crippen LogP contribution in [0, 0.1) is 0 Å². The molecule has 4 heteroatoms. The Morgan fingerprint density at radius 1 is 1.36 bits per heavy atom. The summed E-state index contributed by atoms with van der Waals surface area (Å²) >= 11 is 0. The van der Waals surface area contributed by atoms with Crippen molar-refractivity contribution in [2.75, 3.05) is 6.54 Å². The molecule has 0 radical (unpaired) electrons. The minimum absolute atomic E-state index is 0.917. The van der Waals surface area contributed by atoms with Gasteiger partial charge < -0.3 is 10.3 Å². The first-order valence-electron chi connectivity index (χ1n) is 4.86. The van der Waals surface area contributed by atoms with Crippen molar-refractivity contribution in [3.63, 3.8) is 0 Å². The second kappa shape index (κ2) is 2.99. The highest BCUT2D eigenvalue weighted by atomic mass is 15.1. The number of hydrogen-bond donors (Lipinski definition) is 3. The van der Waals surface area contributed by atoms with Crippen LogP contribution in [0.15, 0.2) is 18.3 Å². The highest BCUT2D eigenvalue weighted by Gasteiger charge is 2.17. The van der Waals surface area contributed by atoms with Crippen molar-refractivity contribution >= 4 is 0 Å². The van der Waals surface area contributed by atoms with Crippen LogP contribution in [0.3, 0.4) is 0 Å². The van der Waals surface area contributed by atoms with Crippen LogP contribution in [0.5, 0.6) is 0 Å². The van der Waals surface area contributed by atoms with E-state index in [-0.39, 0.29) is 0 Å². The predicted molar refractivity (Wildman–Crippen MR) is 53.8 cm³/mol. The van der Waals surface area contributed by atoms with Crippen molar-refractivity contribution in [2.45, 2.75) is 13.0 Å². The van der Waals surface area contributed by atoms with Crippen LogP contribution in [0.2, 0.25) is 0 Å². The van der Waals surface area contributed by atoms with Crippen molar-refractivity contribution < 1.29 is 0 Å². The van der Waals surface area contributed by atoms with Crippen LogP contribution in [0.4, 0.5) is 0 Å². The molecule has 3 rings (SSSR count). The van der Waals surface area contributed by atoms with Gasteiger partial charge in [0, 0.05) is 37.0 Å². The number of H-pyrrole nitrogens is 2. The molecule has 0 fully saturated rings. The van der Waals surface area contributed by atoms with Gasteiger partial charge in [0.05, 0.1) is 5.69 Å². The molecule has 3 N–H and O–H groups in total. The fourth-order valence-corrected chi connectivity index (χ4v) is 1.93. The molecule has 0 saturated carbocycles. The van der Waals surface area contributed by atoms with Gasteiger partial charge in [0.25, 0.3) is 0 Å². The fraction of sp³-hybridized carbons (Fsp3) is 0.300. The Hall–Kier alpha value is -1.55. The molecule has 0 saturated heterocycles. The summed E-state index contributed by atoms with van der Waals surface area (Å²) in [5.41, 5.74) is 4.72. The summed E-state index contributed by atoms with van der Waals surface area (Å²) in [6, 6.07) is 4.04. The van der Waals surface area contributed by atoms with Crippen LogP contribution in [0.1, 0.15) is 11.3 Å². The zero-order valence-corrected chi connectivity index (χ0v) is 7.80. The molecule has 0 spiro atoms. The van der Waals surface area contributed by atoms with Crippen LogP contribution in [0.25, 0.3) is 11.4 Å². The summed E-state index contributed by atoms with van der Waals surface area (Å²) in [5.74, 6) is 0. The summed E-state index contributed by atoms with van der Waals surface area (Å²) in [5, 5.41) is 10.8. The Kier molecular flexibility index (Phi) is 1.67. The molecule has 1 aliphatic rings. The Bertz CT molecular complexity index is 427. The van der Waals surface area contributed by atoms with E-state index in [4.69, 9.17) is 0 Å². The summed E-state index contributed by atoms with van der Waals surface area (Å²) in [4.78, 5) is 3.18. The lowest BCUT2D eigenvalue weighted by Gasteiger charge is -2.12. The molecule has 14 heavy (non-hydrogen) atoms. The first-order valence-corrected chi connectivity index (χ1v) is 4.86. The average molecular weight is 188 g/mol. The Labute approximate surface area is 81.7 Å². The molecule has 0 amide bonds. The van der Waals surface area contributed by atoms with E-state index in [1.165, 1.54) is 11.3 Å². The van der Waals surface area contributed by atoms with E-state index in [0.717, 1.165) is 30.9 Å². The second-order valence-electron chi connectivity index (χ2n) is 3.54. The quantitative estimate of drug-likeness (QED) is 0.626. The van der Waals surface area contributed by atoms with Gasteiger partial charge in [-0.15, -0.1) is 0 Å². The van der Waals surface area contributed by atoms with Crippen molar-refractivity contribution in [2.24, 2.45) is 0 Å². The lowest BCUT2D eigenvalue weighted by Crippen LogP contribution is -2.23. The van der Waals surface area contributed by atoms with E-state index < -0.39 is 0 Å². The SMILES string of the molecule is c1c[nH]c(-c2n[nH]c3c2CNCC3)c1. The molecular weight excluding hydrogens is 176 g/mol. The van der Waals surface area contributed by atoms with E-state index in [1.54, 1.807) is 0 Å². The number of nitrogens with one attached hydrogen (secondary N) is 3. The maximum Gasteiger partial charge on any atom is 0.113 e.